The van der Waals surface area contributed by atoms with Crippen LogP contribution < -0.4 is 11.1 Å². The van der Waals surface area contributed by atoms with E-state index in [1.807, 2.05) is 0 Å². The first-order valence-electron chi connectivity index (χ1n) is 6.02. The molecule has 0 bridgehead atoms. The lowest BCUT2D eigenvalue weighted by Crippen LogP contribution is -2.59. The summed E-state index contributed by atoms with van der Waals surface area (Å²) in [7, 11) is 0. The number of hydrogen-bond acceptors (Lipinski definition) is 3. The van der Waals surface area contributed by atoms with Gasteiger partial charge in [-0.05, 0) is 19.3 Å². The smallest absolute Gasteiger partial charge is 0.123 e. The SMILES string of the molecule is CCCCN1CCNC1(N)CCCC. The number of unbranched alkanes of at least 4 members (excludes halogenated alkanes) is 2. The number of hydrogen-bond donors (Lipinski definition) is 2. The number of nitrogens with zero attached hydrogens (tertiary/aromatic N) is 1. The van der Waals surface area contributed by atoms with Gasteiger partial charge in [-0.15, -0.1) is 0 Å². The van der Waals surface area contributed by atoms with Gasteiger partial charge in [0.1, 0.15) is 5.79 Å². The van der Waals surface area contributed by atoms with Crippen LogP contribution in [0.15, 0.2) is 0 Å². The summed E-state index contributed by atoms with van der Waals surface area (Å²) in [5, 5.41) is 3.43. The van der Waals surface area contributed by atoms with Crippen molar-refractivity contribution in [2.75, 3.05) is 19.6 Å². The van der Waals surface area contributed by atoms with Gasteiger partial charge in [-0.2, -0.15) is 0 Å². The Hall–Kier alpha value is -0.120. The van der Waals surface area contributed by atoms with Crippen LogP contribution in [0.3, 0.4) is 0 Å². The zero-order chi connectivity index (χ0) is 10.4. The molecule has 0 saturated carbocycles. The molecule has 84 valence electrons. The molecule has 3 N–H and O–H groups in total. The molecule has 0 amide bonds. The summed E-state index contributed by atoms with van der Waals surface area (Å²) in [6, 6.07) is 0. The molecule has 1 heterocycles. The summed E-state index contributed by atoms with van der Waals surface area (Å²) in [5.74, 6) is -0.203. The zero-order valence-electron chi connectivity index (χ0n) is 9.68. The van der Waals surface area contributed by atoms with Gasteiger partial charge in [-0.3, -0.25) is 10.2 Å². The van der Waals surface area contributed by atoms with Crippen LogP contribution in [0.1, 0.15) is 46.0 Å². The van der Waals surface area contributed by atoms with E-state index in [0.717, 1.165) is 26.1 Å². The molecule has 1 rings (SSSR count). The van der Waals surface area contributed by atoms with Crippen LogP contribution in [0.25, 0.3) is 0 Å². The Labute approximate surface area is 88.0 Å². The Kier molecular flexibility index (Phi) is 4.85. The fourth-order valence-electron chi connectivity index (χ4n) is 2.07. The normalized spacial score (nSPS) is 28.5. The van der Waals surface area contributed by atoms with E-state index in [1.54, 1.807) is 0 Å². The molecule has 0 aliphatic carbocycles. The van der Waals surface area contributed by atoms with Gasteiger partial charge in [0.2, 0.25) is 0 Å². The molecule has 0 radical (unpaired) electrons. The molecule has 1 saturated heterocycles. The second-order valence-electron chi connectivity index (χ2n) is 4.30. The Morgan fingerprint density at radius 1 is 1.29 bits per heavy atom. The first-order valence-corrected chi connectivity index (χ1v) is 6.02. The van der Waals surface area contributed by atoms with Crippen molar-refractivity contribution in [3.63, 3.8) is 0 Å². The molecule has 0 spiro atoms. The van der Waals surface area contributed by atoms with Gasteiger partial charge in [0.15, 0.2) is 0 Å². The predicted molar refractivity (Wildman–Crippen MR) is 60.9 cm³/mol. The third kappa shape index (κ3) is 2.94. The number of nitrogens with one attached hydrogen (secondary N) is 1. The topological polar surface area (TPSA) is 41.3 Å². The second kappa shape index (κ2) is 5.69. The molecule has 1 aliphatic rings. The van der Waals surface area contributed by atoms with E-state index in [2.05, 4.69) is 24.1 Å². The van der Waals surface area contributed by atoms with E-state index in [4.69, 9.17) is 5.73 Å². The van der Waals surface area contributed by atoms with Crippen molar-refractivity contribution in [2.24, 2.45) is 5.73 Å². The minimum absolute atomic E-state index is 0.203. The standard InChI is InChI=1S/C11H25N3/c1-3-5-7-11(12)13-8-10-14(11)9-6-4-2/h13H,3-10,12H2,1-2H3. The lowest BCUT2D eigenvalue weighted by Gasteiger charge is -2.34. The monoisotopic (exact) mass is 199 g/mol. The van der Waals surface area contributed by atoms with Crippen LogP contribution in [0.4, 0.5) is 0 Å². The minimum Gasteiger partial charge on any atom is -0.301 e. The average molecular weight is 199 g/mol. The summed E-state index contributed by atoms with van der Waals surface area (Å²) >= 11 is 0. The number of rotatable bonds is 6. The first-order chi connectivity index (χ1) is 6.73. The molecule has 1 unspecified atom stereocenters. The van der Waals surface area contributed by atoms with Crippen LogP contribution in [0.2, 0.25) is 0 Å². The third-order valence-electron chi connectivity index (χ3n) is 3.07. The van der Waals surface area contributed by atoms with Gasteiger partial charge in [0.05, 0.1) is 0 Å². The molecule has 1 fully saturated rings. The highest BCUT2D eigenvalue weighted by Gasteiger charge is 2.35. The van der Waals surface area contributed by atoms with Gasteiger partial charge < -0.3 is 5.73 Å². The Morgan fingerprint density at radius 2 is 2.00 bits per heavy atom. The molecule has 0 aromatic rings. The molecule has 0 aromatic heterocycles. The molecule has 1 aliphatic heterocycles. The zero-order valence-corrected chi connectivity index (χ0v) is 9.68. The van der Waals surface area contributed by atoms with E-state index >= 15 is 0 Å². The maximum atomic E-state index is 6.34. The van der Waals surface area contributed by atoms with E-state index < -0.39 is 0 Å². The highest BCUT2D eigenvalue weighted by molar-refractivity contribution is 4.88. The molecule has 3 nitrogen and oxygen atoms in total. The van der Waals surface area contributed by atoms with Crippen LogP contribution >= 0.6 is 0 Å². The second-order valence-corrected chi connectivity index (χ2v) is 4.30. The van der Waals surface area contributed by atoms with Gasteiger partial charge in [-0.25, -0.2) is 0 Å². The first kappa shape index (κ1) is 12.0. The van der Waals surface area contributed by atoms with Gasteiger partial charge >= 0.3 is 0 Å². The largest absolute Gasteiger partial charge is 0.301 e. The Balaban J connectivity index is 2.39. The van der Waals surface area contributed by atoms with Crippen molar-refractivity contribution in [3.05, 3.63) is 0 Å². The fourth-order valence-corrected chi connectivity index (χ4v) is 2.07. The van der Waals surface area contributed by atoms with Crippen molar-refractivity contribution in [1.29, 1.82) is 0 Å². The average Bonchev–Trinajstić information content (AvgIpc) is 2.54. The van der Waals surface area contributed by atoms with E-state index in [0.29, 0.717) is 0 Å². The van der Waals surface area contributed by atoms with Crippen molar-refractivity contribution < 1.29 is 0 Å². The summed E-state index contributed by atoms with van der Waals surface area (Å²) in [6.45, 7) is 7.75. The predicted octanol–water partition coefficient (Wildman–Crippen LogP) is 1.49. The van der Waals surface area contributed by atoms with Crippen LogP contribution in [0, 0.1) is 0 Å². The highest BCUT2D eigenvalue weighted by atomic mass is 15.4. The maximum absolute atomic E-state index is 6.34. The quantitative estimate of drug-likeness (QED) is 0.681. The van der Waals surface area contributed by atoms with E-state index in [-0.39, 0.29) is 5.79 Å². The summed E-state index contributed by atoms with van der Waals surface area (Å²) < 4.78 is 0. The van der Waals surface area contributed by atoms with Crippen molar-refractivity contribution in [1.82, 2.24) is 10.2 Å². The maximum Gasteiger partial charge on any atom is 0.123 e. The third-order valence-corrected chi connectivity index (χ3v) is 3.07. The van der Waals surface area contributed by atoms with Crippen LogP contribution in [0.5, 0.6) is 0 Å². The van der Waals surface area contributed by atoms with Crippen molar-refractivity contribution in [2.45, 2.75) is 51.7 Å². The van der Waals surface area contributed by atoms with Crippen molar-refractivity contribution >= 4 is 0 Å². The van der Waals surface area contributed by atoms with Gasteiger partial charge in [0, 0.05) is 19.6 Å². The fraction of sp³-hybridized carbons (Fsp3) is 1.00. The summed E-state index contributed by atoms with van der Waals surface area (Å²) in [5.41, 5.74) is 6.34. The minimum atomic E-state index is -0.203. The van der Waals surface area contributed by atoms with E-state index in [1.165, 1.54) is 25.7 Å². The van der Waals surface area contributed by atoms with Gasteiger partial charge in [-0.1, -0.05) is 26.7 Å². The van der Waals surface area contributed by atoms with E-state index in [9.17, 15) is 0 Å². The lowest BCUT2D eigenvalue weighted by atomic mass is 10.1. The molecule has 3 heteroatoms. The molecule has 1 atom stereocenters. The Bertz CT molecular complexity index is 161. The Morgan fingerprint density at radius 3 is 2.64 bits per heavy atom. The summed E-state index contributed by atoms with van der Waals surface area (Å²) in [6.07, 6.45) is 6.02. The summed E-state index contributed by atoms with van der Waals surface area (Å²) in [4.78, 5) is 2.41. The highest BCUT2D eigenvalue weighted by Crippen LogP contribution is 2.18. The molecular formula is C11H25N3. The van der Waals surface area contributed by atoms with Gasteiger partial charge in [0.25, 0.3) is 0 Å². The van der Waals surface area contributed by atoms with Crippen LogP contribution in [-0.4, -0.2) is 30.3 Å². The van der Waals surface area contributed by atoms with Crippen LogP contribution in [-0.2, 0) is 0 Å². The molecular weight excluding hydrogens is 174 g/mol. The molecule has 0 aromatic carbocycles. The number of nitrogens with two attached hydrogens (primary N) is 1. The lowest BCUT2D eigenvalue weighted by molar-refractivity contribution is 0.110. The molecule has 14 heavy (non-hydrogen) atoms. The van der Waals surface area contributed by atoms with Crippen molar-refractivity contribution in [3.8, 4) is 0 Å².